The summed E-state index contributed by atoms with van der Waals surface area (Å²) in [5.41, 5.74) is 2.47. The Morgan fingerprint density at radius 3 is 2.77 bits per heavy atom. The predicted molar refractivity (Wildman–Crippen MR) is 98.4 cm³/mol. The number of nitro groups is 1. The van der Waals surface area contributed by atoms with Gasteiger partial charge in [0.2, 0.25) is 0 Å². The zero-order valence-electron chi connectivity index (χ0n) is 13.8. The van der Waals surface area contributed by atoms with Gasteiger partial charge in [-0.1, -0.05) is 18.2 Å². The summed E-state index contributed by atoms with van der Waals surface area (Å²) in [4.78, 5) is 25.8. The molecular formula is C19H14N4O3. The Balaban J connectivity index is 1.88. The normalized spacial score (nSPS) is 11.2. The Morgan fingerprint density at radius 1 is 1.31 bits per heavy atom. The second-order valence-electron chi connectivity index (χ2n) is 5.67. The number of nitrogens with zero attached hydrogens (tertiary/aromatic N) is 2. The first-order chi connectivity index (χ1) is 12.5. The van der Waals surface area contributed by atoms with Gasteiger partial charge >= 0.3 is 0 Å². The largest absolute Gasteiger partial charge is 0.361 e. The Bertz CT molecular complexity index is 1090. The van der Waals surface area contributed by atoms with E-state index in [4.69, 9.17) is 0 Å². The van der Waals surface area contributed by atoms with Crippen LogP contribution in [0.3, 0.4) is 0 Å². The number of H-pyrrole nitrogens is 1. The number of rotatable bonds is 4. The van der Waals surface area contributed by atoms with Crippen molar-refractivity contribution in [3.63, 3.8) is 0 Å². The lowest BCUT2D eigenvalue weighted by Crippen LogP contribution is -2.14. The van der Waals surface area contributed by atoms with Gasteiger partial charge in [0.25, 0.3) is 11.6 Å². The van der Waals surface area contributed by atoms with Crippen LogP contribution in [0.1, 0.15) is 11.1 Å². The number of carbonyl (C=O) groups excluding carboxylic acids is 1. The number of carbonyl (C=O) groups is 1. The first-order valence-electron chi connectivity index (χ1n) is 7.74. The molecule has 128 valence electrons. The molecule has 1 heterocycles. The molecule has 0 fully saturated rings. The number of nitro benzene ring substituents is 1. The minimum atomic E-state index is -0.574. The van der Waals surface area contributed by atoms with Gasteiger partial charge in [-0.05, 0) is 30.7 Å². The number of para-hydroxylation sites is 1. The SMILES string of the molecule is Cc1cc([N+](=O)[O-])ccc1NC(=O)/C(C#N)=C/c1c[nH]c2ccccc12. The van der Waals surface area contributed by atoms with Crippen molar-refractivity contribution in [2.75, 3.05) is 5.32 Å². The van der Waals surface area contributed by atoms with Gasteiger partial charge in [-0.3, -0.25) is 14.9 Å². The van der Waals surface area contributed by atoms with Crippen molar-refractivity contribution in [3.8, 4) is 6.07 Å². The molecule has 3 rings (SSSR count). The maximum atomic E-state index is 12.4. The molecule has 7 nitrogen and oxygen atoms in total. The monoisotopic (exact) mass is 346 g/mol. The van der Waals surface area contributed by atoms with E-state index in [0.717, 1.165) is 16.5 Å². The maximum absolute atomic E-state index is 12.4. The van der Waals surface area contributed by atoms with Crippen molar-refractivity contribution in [3.05, 3.63) is 75.5 Å². The van der Waals surface area contributed by atoms with E-state index < -0.39 is 10.8 Å². The molecule has 0 unspecified atom stereocenters. The average molecular weight is 346 g/mol. The Kier molecular flexibility index (Phi) is 4.50. The van der Waals surface area contributed by atoms with Gasteiger partial charge in [0, 0.05) is 40.5 Å². The summed E-state index contributed by atoms with van der Waals surface area (Å²) in [5.74, 6) is -0.574. The van der Waals surface area contributed by atoms with Crippen LogP contribution < -0.4 is 5.32 Å². The summed E-state index contributed by atoms with van der Waals surface area (Å²) in [7, 11) is 0. The lowest BCUT2D eigenvalue weighted by Gasteiger charge is -2.07. The van der Waals surface area contributed by atoms with Crippen LogP contribution in [0.5, 0.6) is 0 Å². The quantitative estimate of drug-likeness (QED) is 0.322. The number of aromatic nitrogens is 1. The van der Waals surface area contributed by atoms with E-state index in [9.17, 15) is 20.2 Å². The van der Waals surface area contributed by atoms with Crippen LogP contribution >= 0.6 is 0 Å². The molecule has 3 aromatic rings. The number of hydrogen-bond donors (Lipinski definition) is 2. The fraction of sp³-hybridized carbons (Fsp3) is 0.0526. The van der Waals surface area contributed by atoms with Crippen LogP contribution in [0, 0.1) is 28.4 Å². The van der Waals surface area contributed by atoms with Crippen molar-refractivity contribution < 1.29 is 9.72 Å². The Labute approximate surface area is 148 Å². The Hall–Kier alpha value is -3.92. The third kappa shape index (κ3) is 3.30. The number of benzene rings is 2. The highest BCUT2D eigenvalue weighted by atomic mass is 16.6. The second kappa shape index (κ2) is 6.91. The zero-order chi connectivity index (χ0) is 18.7. The molecule has 0 atom stereocenters. The van der Waals surface area contributed by atoms with Crippen LogP contribution in [0.25, 0.3) is 17.0 Å². The molecule has 26 heavy (non-hydrogen) atoms. The minimum Gasteiger partial charge on any atom is -0.361 e. The molecule has 0 saturated heterocycles. The number of anilines is 1. The molecule has 0 saturated carbocycles. The number of non-ortho nitro benzene ring substituents is 1. The van der Waals surface area contributed by atoms with Crippen molar-refractivity contribution in [2.45, 2.75) is 6.92 Å². The smallest absolute Gasteiger partial charge is 0.269 e. The fourth-order valence-corrected chi connectivity index (χ4v) is 2.61. The molecule has 1 amide bonds. The number of nitriles is 1. The highest BCUT2D eigenvalue weighted by Gasteiger charge is 2.14. The van der Waals surface area contributed by atoms with E-state index in [0.29, 0.717) is 11.3 Å². The van der Waals surface area contributed by atoms with Gasteiger partial charge in [-0.2, -0.15) is 5.26 Å². The number of hydrogen-bond acceptors (Lipinski definition) is 4. The lowest BCUT2D eigenvalue weighted by atomic mass is 10.1. The number of nitrogens with one attached hydrogen (secondary N) is 2. The van der Waals surface area contributed by atoms with Gasteiger partial charge in [0.15, 0.2) is 0 Å². The molecule has 1 aromatic heterocycles. The van der Waals surface area contributed by atoms with E-state index in [1.165, 1.54) is 24.3 Å². The van der Waals surface area contributed by atoms with Gasteiger partial charge in [-0.25, -0.2) is 0 Å². The maximum Gasteiger partial charge on any atom is 0.269 e. The van der Waals surface area contributed by atoms with Crippen LogP contribution in [-0.4, -0.2) is 15.8 Å². The average Bonchev–Trinajstić information content (AvgIpc) is 3.04. The molecule has 0 radical (unpaired) electrons. The van der Waals surface area contributed by atoms with Crippen LogP contribution in [0.4, 0.5) is 11.4 Å². The third-order valence-corrected chi connectivity index (χ3v) is 3.96. The van der Waals surface area contributed by atoms with E-state index in [2.05, 4.69) is 10.3 Å². The van der Waals surface area contributed by atoms with Gasteiger partial charge < -0.3 is 10.3 Å². The van der Waals surface area contributed by atoms with Crippen LogP contribution in [0.2, 0.25) is 0 Å². The van der Waals surface area contributed by atoms with E-state index in [-0.39, 0.29) is 11.3 Å². The van der Waals surface area contributed by atoms with Gasteiger partial charge in [-0.15, -0.1) is 0 Å². The summed E-state index contributed by atoms with van der Waals surface area (Å²) >= 11 is 0. The van der Waals surface area contributed by atoms with Crippen molar-refractivity contribution in [1.29, 1.82) is 5.26 Å². The number of fused-ring (bicyclic) bond motifs is 1. The highest BCUT2D eigenvalue weighted by molar-refractivity contribution is 6.11. The van der Waals surface area contributed by atoms with Gasteiger partial charge in [0.05, 0.1) is 4.92 Å². The van der Waals surface area contributed by atoms with Crippen LogP contribution in [-0.2, 0) is 4.79 Å². The summed E-state index contributed by atoms with van der Waals surface area (Å²) in [6.45, 7) is 1.65. The van der Waals surface area contributed by atoms with Crippen LogP contribution in [0.15, 0.2) is 54.2 Å². The van der Waals surface area contributed by atoms with Crippen molar-refractivity contribution >= 4 is 34.3 Å². The summed E-state index contributed by atoms with van der Waals surface area (Å²) in [6.07, 6.45) is 3.24. The molecule has 0 aliphatic heterocycles. The van der Waals surface area contributed by atoms with E-state index >= 15 is 0 Å². The molecule has 0 aliphatic carbocycles. The van der Waals surface area contributed by atoms with E-state index in [1.807, 2.05) is 30.3 Å². The Morgan fingerprint density at radius 2 is 2.08 bits per heavy atom. The molecular weight excluding hydrogens is 332 g/mol. The zero-order valence-corrected chi connectivity index (χ0v) is 13.8. The predicted octanol–water partition coefficient (Wildman–Crippen LogP) is 3.93. The molecule has 2 N–H and O–H groups in total. The summed E-state index contributed by atoms with van der Waals surface area (Å²) in [5, 5.41) is 23.7. The third-order valence-electron chi connectivity index (χ3n) is 3.96. The highest BCUT2D eigenvalue weighted by Crippen LogP contribution is 2.23. The molecule has 0 spiro atoms. The molecule has 0 bridgehead atoms. The van der Waals surface area contributed by atoms with Gasteiger partial charge in [0.1, 0.15) is 11.6 Å². The number of aromatic amines is 1. The first-order valence-corrected chi connectivity index (χ1v) is 7.74. The summed E-state index contributed by atoms with van der Waals surface area (Å²) < 4.78 is 0. The second-order valence-corrected chi connectivity index (χ2v) is 5.67. The standard InChI is InChI=1S/C19H14N4O3/c1-12-8-15(23(25)26)6-7-17(12)22-19(24)13(10-20)9-14-11-21-18-5-3-2-4-16(14)18/h2-9,11,21H,1H3,(H,22,24)/b13-9+. The van der Waals surface area contributed by atoms with E-state index in [1.54, 1.807) is 13.1 Å². The van der Waals surface area contributed by atoms with Crippen molar-refractivity contribution in [2.24, 2.45) is 0 Å². The minimum absolute atomic E-state index is 0.0599. The lowest BCUT2D eigenvalue weighted by molar-refractivity contribution is -0.384. The topological polar surface area (TPSA) is 112 Å². The molecule has 0 aliphatic rings. The molecule has 2 aromatic carbocycles. The molecule has 7 heteroatoms. The summed E-state index contributed by atoms with van der Waals surface area (Å²) in [6, 6.07) is 13.6. The number of amides is 1. The first kappa shape index (κ1) is 16.9. The number of aryl methyl sites for hydroxylation is 1. The van der Waals surface area contributed by atoms with Crippen molar-refractivity contribution in [1.82, 2.24) is 4.98 Å². The fourth-order valence-electron chi connectivity index (χ4n) is 2.61.